The van der Waals surface area contributed by atoms with E-state index in [0.29, 0.717) is 6.42 Å². The normalized spacial score (nSPS) is 22.1. The molecule has 1 aliphatic rings. The van der Waals surface area contributed by atoms with E-state index in [4.69, 9.17) is 4.74 Å². The van der Waals surface area contributed by atoms with Crippen LogP contribution in [0, 0.1) is 0 Å². The molecule has 1 aromatic carbocycles. The van der Waals surface area contributed by atoms with Gasteiger partial charge in [-0.1, -0.05) is 6.07 Å². The monoisotopic (exact) mass is 263 g/mol. The Kier molecular flexibility index (Phi) is 3.80. The molecule has 0 aromatic heterocycles. The molecule has 4 nitrogen and oxygen atoms in total. The van der Waals surface area contributed by atoms with Gasteiger partial charge in [0.25, 0.3) is 0 Å². The first-order valence-corrected chi connectivity index (χ1v) is 6.68. The van der Waals surface area contributed by atoms with E-state index in [9.17, 15) is 9.90 Å². The van der Waals surface area contributed by atoms with Crippen LogP contribution in [0.15, 0.2) is 18.2 Å². The quantitative estimate of drug-likeness (QED) is 0.875. The fraction of sp³-hybridized carbons (Fsp3) is 0.533. The number of ether oxygens (including phenoxy) is 1. The van der Waals surface area contributed by atoms with Gasteiger partial charge in [-0.2, -0.15) is 0 Å². The van der Waals surface area contributed by atoms with Crippen LogP contribution in [-0.4, -0.2) is 24.2 Å². The number of fused-ring (bicyclic) bond motifs is 1. The Morgan fingerprint density at radius 2 is 2.21 bits per heavy atom. The van der Waals surface area contributed by atoms with Crippen LogP contribution in [0.2, 0.25) is 0 Å². The minimum absolute atomic E-state index is 0.115. The minimum Gasteiger partial charge on any atom is -0.497 e. The minimum atomic E-state index is -0.964. The molecule has 0 spiro atoms. The van der Waals surface area contributed by atoms with Gasteiger partial charge in [0.2, 0.25) is 0 Å². The third kappa shape index (κ3) is 2.45. The molecule has 0 saturated carbocycles. The summed E-state index contributed by atoms with van der Waals surface area (Å²) in [5, 5.41) is 13.0. The van der Waals surface area contributed by atoms with E-state index in [2.05, 4.69) is 5.32 Å². The van der Waals surface area contributed by atoms with Crippen molar-refractivity contribution in [1.82, 2.24) is 5.32 Å². The summed E-state index contributed by atoms with van der Waals surface area (Å²) in [7, 11) is 1.63. The van der Waals surface area contributed by atoms with Gasteiger partial charge in [0, 0.05) is 6.04 Å². The van der Waals surface area contributed by atoms with Crippen LogP contribution < -0.4 is 10.1 Å². The summed E-state index contributed by atoms with van der Waals surface area (Å²) in [6, 6.07) is 5.79. The Morgan fingerprint density at radius 1 is 1.47 bits per heavy atom. The molecule has 2 rings (SSSR count). The number of carbonyl (C=O) groups is 1. The fourth-order valence-electron chi connectivity index (χ4n) is 2.93. The highest BCUT2D eigenvalue weighted by Gasteiger charge is 2.43. The molecule has 0 fully saturated rings. The van der Waals surface area contributed by atoms with Gasteiger partial charge < -0.3 is 9.84 Å². The molecule has 1 atom stereocenters. The van der Waals surface area contributed by atoms with Crippen LogP contribution in [0.4, 0.5) is 0 Å². The topological polar surface area (TPSA) is 58.6 Å². The van der Waals surface area contributed by atoms with Crippen LogP contribution >= 0.6 is 0 Å². The van der Waals surface area contributed by atoms with Crippen molar-refractivity contribution in [2.75, 3.05) is 7.11 Å². The zero-order chi connectivity index (χ0) is 14.0. The van der Waals surface area contributed by atoms with Crippen LogP contribution in [0.25, 0.3) is 0 Å². The Morgan fingerprint density at radius 3 is 2.79 bits per heavy atom. The molecule has 1 aromatic rings. The Balaban J connectivity index is 2.51. The summed E-state index contributed by atoms with van der Waals surface area (Å²) < 4.78 is 5.22. The van der Waals surface area contributed by atoms with Gasteiger partial charge in [0.1, 0.15) is 11.3 Å². The molecule has 1 aliphatic carbocycles. The number of carboxylic acid groups (broad SMARTS) is 1. The highest BCUT2D eigenvalue weighted by atomic mass is 16.5. The number of hydrogen-bond acceptors (Lipinski definition) is 3. The van der Waals surface area contributed by atoms with E-state index < -0.39 is 11.5 Å². The number of rotatable bonds is 4. The number of carboxylic acids is 1. The average molecular weight is 263 g/mol. The van der Waals surface area contributed by atoms with Crippen molar-refractivity contribution in [3.05, 3.63) is 29.3 Å². The van der Waals surface area contributed by atoms with Gasteiger partial charge in [-0.05, 0) is 56.4 Å². The largest absolute Gasteiger partial charge is 0.497 e. The second kappa shape index (κ2) is 5.21. The number of nitrogens with one attached hydrogen (secondary N) is 1. The third-order valence-corrected chi connectivity index (χ3v) is 3.67. The van der Waals surface area contributed by atoms with E-state index in [1.165, 1.54) is 0 Å². The zero-order valence-electron chi connectivity index (χ0n) is 11.7. The maximum absolute atomic E-state index is 11.8. The first-order valence-electron chi connectivity index (χ1n) is 6.68. The SMILES string of the molecule is COc1ccc2c(c1)CCCC2(NC(C)C)C(=O)O. The van der Waals surface area contributed by atoms with E-state index in [0.717, 1.165) is 29.7 Å². The molecule has 0 radical (unpaired) electrons. The van der Waals surface area contributed by atoms with Crippen molar-refractivity contribution < 1.29 is 14.6 Å². The lowest BCUT2D eigenvalue weighted by Crippen LogP contribution is -2.53. The predicted octanol–water partition coefficient (Wildman–Crippen LogP) is 2.31. The molecule has 1 unspecified atom stereocenters. The fourth-order valence-corrected chi connectivity index (χ4v) is 2.93. The van der Waals surface area contributed by atoms with Gasteiger partial charge in [-0.3, -0.25) is 5.32 Å². The molecule has 4 heteroatoms. The first-order chi connectivity index (χ1) is 8.99. The summed E-state index contributed by atoms with van der Waals surface area (Å²) in [5.41, 5.74) is 0.982. The Labute approximate surface area is 113 Å². The molecule has 0 bridgehead atoms. The summed E-state index contributed by atoms with van der Waals surface area (Å²) in [6.45, 7) is 3.95. The van der Waals surface area contributed by atoms with Crippen LogP contribution in [0.5, 0.6) is 5.75 Å². The zero-order valence-corrected chi connectivity index (χ0v) is 11.7. The second-order valence-corrected chi connectivity index (χ2v) is 5.39. The maximum atomic E-state index is 11.8. The van der Waals surface area contributed by atoms with Crippen LogP contribution in [-0.2, 0) is 16.8 Å². The summed E-state index contributed by atoms with van der Waals surface area (Å²) in [6.07, 6.45) is 2.40. The Bertz CT molecular complexity index is 484. The van der Waals surface area contributed by atoms with Crippen molar-refractivity contribution in [2.24, 2.45) is 0 Å². The van der Waals surface area contributed by atoms with Crippen LogP contribution in [0.1, 0.15) is 37.8 Å². The van der Waals surface area contributed by atoms with Gasteiger partial charge in [0.05, 0.1) is 7.11 Å². The lowest BCUT2D eigenvalue weighted by molar-refractivity contribution is -0.146. The lowest BCUT2D eigenvalue weighted by atomic mass is 9.76. The summed E-state index contributed by atoms with van der Waals surface area (Å²) in [5.74, 6) is -0.0168. The smallest absolute Gasteiger partial charge is 0.328 e. The van der Waals surface area contributed by atoms with E-state index in [1.54, 1.807) is 7.11 Å². The number of benzene rings is 1. The molecule has 0 saturated heterocycles. The molecule has 0 aliphatic heterocycles. The maximum Gasteiger partial charge on any atom is 0.328 e. The van der Waals surface area contributed by atoms with Crippen molar-refractivity contribution in [2.45, 2.75) is 44.7 Å². The summed E-state index contributed by atoms with van der Waals surface area (Å²) >= 11 is 0. The lowest BCUT2D eigenvalue weighted by Gasteiger charge is -2.38. The van der Waals surface area contributed by atoms with Gasteiger partial charge in [-0.15, -0.1) is 0 Å². The van der Waals surface area contributed by atoms with Crippen molar-refractivity contribution in [3.63, 3.8) is 0 Å². The van der Waals surface area contributed by atoms with Crippen molar-refractivity contribution in [3.8, 4) is 5.75 Å². The van der Waals surface area contributed by atoms with Crippen molar-refractivity contribution in [1.29, 1.82) is 0 Å². The van der Waals surface area contributed by atoms with E-state index in [1.807, 2.05) is 32.0 Å². The van der Waals surface area contributed by atoms with Gasteiger partial charge >= 0.3 is 5.97 Å². The average Bonchev–Trinajstić information content (AvgIpc) is 2.37. The molecule has 0 amide bonds. The standard InChI is InChI=1S/C15H21NO3/c1-10(2)16-15(14(17)18)8-4-5-11-9-12(19-3)6-7-13(11)15/h6-7,9-10,16H,4-5,8H2,1-3H3,(H,17,18). The second-order valence-electron chi connectivity index (χ2n) is 5.39. The number of hydrogen-bond donors (Lipinski definition) is 2. The molecule has 104 valence electrons. The highest BCUT2D eigenvalue weighted by molar-refractivity contribution is 5.82. The molecule has 2 N–H and O–H groups in total. The van der Waals surface area contributed by atoms with Gasteiger partial charge in [-0.25, -0.2) is 4.79 Å². The molecule has 0 heterocycles. The molecule has 19 heavy (non-hydrogen) atoms. The van der Waals surface area contributed by atoms with Crippen LogP contribution in [0.3, 0.4) is 0 Å². The first kappa shape index (κ1) is 13.9. The predicted molar refractivity (Wildman–Crippen MR) is 73.5 cm³/mol. The van der Waals surface area contributed by atoms with E-state index >= 15 is 0 Å². The highest BCUT2D eigenvalue weighted by Crippen LogP contribution is 2.37. The molecular formula is C15H21NO3. The van der Waals surface area contributed by atoms with E-state index in [-0.39, 0.29) is 6.04 Å². The van der Waals surface area contributed by atoms with Gasteiger partial charge in [0.15, 0.2) is 0 Å². The third-order valence-electron chi connectivity index (χ3n) is 3.67. The summed E-state index contributed by atoms with van der Waals surface area (Å²) in [4.78, 5) is 11.8. The Hall–Kier alpha value is -1.55. The number of methoxy groups -OCH3 is 1. The molecular weight excluding hydrogens is 242 g/mol. The number of aryl methyl sites for hydroxylation is 1. The van der Waals surface area contributed by atoms with Crippen molar-refractivity contribution >= 4 is 5.97 Å². The number of aliphatic carboxylic acids is 1.